The van der Waals surface area contributed by atoms with Crippen molar-refractivity contribution in [2.45, 2.75) is 55.4 Å². The standard InChI is InChI=1S/C35H38N4O5S2/c1-35(2,3)28-20-36-29(44-28)22-45-31-21-37-34(46-31)38-33(41)24-13-16-39(17-14-24)15-8-18-42-26-11-7-12-27-32(26)25(19-30(40)43-27)23-9-5-4-6-10-23/h4-7,9-12,19-21,24H,8,13-18,22H2,1-3H3,(H,37,38,41). The summed E-state index contributed by atoms with van der Waals surface area (Å²) < 4.78 is 18.6. The van der Waals surface area contributed by atoms with E-state index in [4.69, 9.17) is 13.6 Å². The number of hydrogen-bond acceptors (Lipinski definition) is 10. The van der Waals surface area contributed by atoms with Crippen LogP contribution in [0.25, 0.3) is 22.1 Å². The van der Waals surface area contributed by atoms with Crippen LogP contribution in [-0.2, 0) is 16.0 Å². The molecule has 5 aromatic rings. The molecule has 240 valence electrons. The number of thioether (sulfide) groups is 1. The number of carbonyl (C=O) groups excluding carboxylic acids is 1. The maximum absolute atomic E-state index is 13.0. The van der Waals surface area contributed by atoms with Crippen molar-refractivity contribution >= 4 is 45.1 Å². The van der Waals surface area contributed by atoms with Crippen LogP contribution in [0.15, 0.2) is 84.8 Å². The van der Waals surface area contributed by atoms with Crippen molar-refractivity contribution in [3.05, 3.63) is 89.1 Å². The molecule has 0 atom stereocenters. The molecule has 4 heterocycles. The highest BCUT2D eigenvalue weighted by Gasteiger charge is 2.26. The summed E-state index contributed by atoms with van der Waals surface area (Å²) in [4.78, 5) is 36.4. The molecule has 0 saturated carbocycles. The van der Waals surface area contributed by atoms with Gasteiger partial charge in [-0.25, -0.2) is 14.8 Å². The zero-order valence-corrected chi connectivity index (χ0v) is 27.9. The monoisotopic (exact) mass is 658 g/mol. The summed E-state index contributed by atoms with van der Waals surface area (Å²) in [5.74, 6) is 2.88. The third kappa shape index (κ3) is 7.89. The van der Waals surface area contributed by atoms with E-state index in [1.54, 1.807) is 30.2 Å². The smallest absolute Gasteiger partial charge is 0.336 e. The molecule has 9 nitrogen and oxygen atoms in total. The van der Waals surface area contributed by atoms with E-state index in [0.29, 0.717) is 34.7 Å². The molecule has 0 unspecified atom stereocenters. The molecule has 1 aliphatic rings. The second-order valence-corrected chi connectivity index (χ2v) is 14.7. The average molecular weight is 659 g/mol. The lowest BCUT2D eigenvalue weighted by Crippen LogP contribution is -2.38. The number of piperidine rings is 1. The highest BCUT2D eigenvalue weighted by Crippen LogP contribution is 2.35. The van der Waals surface area contributed by atoms with Crippen LogP contribution in [0.1, 0.15) is 51.7 Å². The molecule has 1 N–H and O–H groups in total. The van der Waals surface area contributed by atoms with Crippen LogP contribution >= 0.6 is 23.1 Å². The maximum atomic E-state index is 13.0. The summed E-state index contributed by atoms with van der Waals surface area (Å²) in [6, 6.07) is 16.9. The molecule has 0 aliphatic carbocycles. The van der Waals surface area contributed by atoms with Crippen LogP contribution in [-0.4, -0.2) is 47.0 Å². The predicted molar refractivity (Wildman–Crippen MR) is 183 cm³/mol. The van der Waals surface area contributed by atoms with Crippen molar-refractivity contribution in [1.82, 2.24) is 14.9 Å². The zero-order valence-electron chi connectivity index (χ0n) is 26.3. The third-order valence-electron chi connectivity index (χ3n) is 7.99. The number of nitrogens with zero attached hydrogens (tertiary/aromatic N) is 3. The van der Waals surface area contributed by atoms with Gasteiger partial charge in [0.05, 0.1) is 34.3 Å². The quantitative estimate of drug-likeness (QED) is 0.0871. The molecule has 1 amide bonds. The fraction of sp³-hybridized carbons (Fsp3) is 0.371. The van der Waals surface area contributed by atoms with Gasteiger partial charge in [-0.1, -0.05) is 68.5 Å². The average Bonchev–Trinajstić information content (AvgIpc) is 3.72. The molecule has 2 aromatic carbocycles. The number of rotatable bonds is 11. The maximum Gasteiger partial charge on any atom is 0.336 e. The second kappa shape index (κ2) is 14.2. The van der Waals surface area contributed by atoms with Gasteiger partial charge in [0.2, 0.25) is 11.8 Å². The number of thiazole rings is 1. The number of fused-ring (bicyclic) bond motifs is 1. The topological polar surface area (TPSA) is 111 Å². The Kier molecular flexibility index (Phi) is 9.91. The molecule has 1 fully saturated rings. The number of nitrogens with one attached hydrogen (secondary N) is 1. The molecule has 0 radical (unpaired) electrons. The lowest BCUT2D eigenvalue weighted by molar-refractivity contribution is -0.121. The molecular formula is C35H38N4O5S2. The summed E-state index contributed by atoms with van der Waals surface area (Å²) in [7, 11) is 0. The highest BCUT2D eigenvalue weighted by molar-refractivity contribution is 8.00. The van der Waals surface area contributed by atoms with Crippen LogP contribution < -0.4 is 15.7 Å². The number of oxazole rings is 1. The lowest BCUT2D eigenvalue weighted by atomic mass is 9.94. The molecule has 1 saturated heterocycles. The first-order chi connectivity index (χ1) is 22.2. The van der Waals surface area contributed by atoms with Crippen molar-refractivity contribution in [2.75, 3.05) is 31.6 Å². The van der Waals surface area contributed by atoms with Crippen molar-refractivity contribution < 1.29 is 18.4 Å². The van der Waals surface area contributed by atoms with E-state index in [-0.39, 0.29) is 22.9 Å². The van der Waals surface area contributed by atoms with E-state index in [1.165, 1.54) is 17.4 Å². The van der Waals surface area contributed by atoms with E-state index in [0.717, 1.165) is 65.4 Å². The second-order valence-electron chi connectivity index (χ2n) is 12.4. The number of ether oxygens (including phenoxy) is 1. The molecule has 0 spiro atoms. The Morgan fingerprint density at radius 3 is 2.63 bits per heavy atom. The van der Waals surface area contributed by atoms with Gasteiger partial charge in [0.25, 0.3) is 0 Å². The van der Waals surface area contributed by atoms with Gasteiger partial charge in [0, 0.05) is 29.5 Å². The lowest BCUT2D eigenvalue weighted by Gasteiger charge is -2.31. The first kappa shape index (κ1) is 32.0. The van der Waals surface area contributed by atoms with Crippen molar-refractivity contribution in [2.24, 2.45) is 5.92 Å². The molecule has 11 heteroatoms. The SMILES string of the molecule is CC(C)(C)c1cnc(CSc2cnc(NC(=O)C3CCN(CCCOc4cccc5oc(=O)cc(-c6ccccc6)c45)CC3)s2)o1. The Bertz CT molecular complexity index is 1840. The Morgan fingerprint density at radius 2 is 1.87 bits per heavy atom. The van der Waals surface area contributed by atoms with Crippen LogP contribution in [0.4, 0.5) is 5.13 Å². The van der Waals surface area contributed by atoms with E-state index < -0.39 is 0 Å². The van der Waals surface area contributed by atoms with Gasteiger partial charge in [0.1, 0.15) is 17.1 Å². The number of aromatic nitrogens is 2. The van der Waals surface area contributed by atoms with Gasteiger partial charge in [-0.3, -0.25) is 4.79 Å². The van der Waals surface area contributed by atoms with Gasteiger partial charge in [0.15, 0.2) is 5.13 Å². The Balaban J connectivity index is 0.945. The number of amides is 1. The number of anilines is 1. The minimum absolute atomic E-state index is 0.0302. The summed E-state index contributed by atoms with van der Waals surface area (Å²) in [6.45, 7) is 9.44. The molecule has 46 heavy (non-hydrogen) atoms. The van der Waals surface area contributed by atoms with Crippen LogP contribution in [0.5, 0.6) is 5.75 Å². The molecule has 1 aliphatic heterocycles. The first-order valence-corrected chi connectivity index (χ1v) is 17.4. The van der Waals surface area contributed by atoms with Gasteiger partial charge in [-0.2, -0.15) is 0 Å². The Labute approximate surface area is 276 Å². The summed E-state index contributed by atoms with van der Waals surface area (Å²) >= 11 is 3.08. The van der Waals surface area contributed by atoms with Crippen molar-refractivity contribution in [1.29, 1.82) is 0 Å². The van der Waals surface area contributed by atoms with Gasteiger partial charge in [-0.05, 0) is 50.0 Å². The summed E-state index contributed by atoms with van der Waals surface area (Å²) in [5, 5.41) is 4.45. The van der Waals surface area contributed by atoms with Crippen molar-refractivity contribution in [3.8, 4) is 16.9 Å². The Hall–Kier alpha value is -3.93. The third-order valence-corrected chi connectivity index (χ3v) is 10.1. The largest absolute Gasteiger partial charge is 0.493 e. The van der Waals surface area contributed by atoms with Crippen molar-refractivity contribution in [3.63, 3.8) is 0 Å². The molecular weight excluding hydrogens is 621 g/mol. The molecule has 6 rings (SSSR count). The summed E-state index contributed by atoms with van der Waals surface area (Å²) in [5.41, 5.74) is 1.80. The van der Waals surface area contributed by atoms with Crippen LogP contribution in [0.2, 0.25) is 0 Å². The summed E-state index contributed by atoms with van der Waals surface area (Å²) in [6.07, 6.45) is 6.05. The van der Waals surface area contributed by atoms with E-state index in [9.17, 15) is 9.59 Å². The number of hydrogen-bond donors (Lipinski definition) is 1. The fourth-order valence-electron chi connectivity index (χ4n) is 5.49. The first-order valence-electron chi connectivity index (χ1n) is 15.5. The minimum atomic E-state index is -0.385. The van der Waals surface area contributed by atoms with Crippen LogP contribution in [0, 0.1) is 5.92 Å². The molecule has 0 bridgehead atoms. The van der Waals surface area contributed by atoms with Crippen LogP contribution in [0.3, 0.4) is 0 Å². The van der Waals surface area contributed by atoms with E-state index in [2.05, 4.69) is 41.0 Å². The predicted octanol–water partition coefficient (Wildman–Crippen LogP) is 7.61. The van der Waals surface area contributed by atoms with Gasteiger partial charge < -0.3 is 23.8 Å². The minimum Gasteiger partial charge on any atom is -0.493 e. The zero-order chi connectivity index (χ0) is 32.1. The fourth-order valence-corrected chi connectivity index (χ4v) is 7.22. The highest BCUT2D eigenvalue weighted by atomic mass is 32.2. The van der Waals surface area contributed by atoms with E-state index in [1.807, 2.05) is 42.5 Å². The van der Waals surface area contributed by atoms with Gasteiger partial charge >= 0.3 is 5.63 Å². The number of likely N-dealkylation sites (tertiary alicyclic amines) is 1. The molecule has 3 aromatic heterocycles. The van der Waals surface area contributed by atoms with Gasteiger partial charge in [-0.15, -0.1) is 11.8 Å². The number of carbonyl (C=O) groups is 1. The van der Waals surface area contributed by atoms with E-state index >= 15 is 0 Å². The number of benzene rings is 2. The normalized spacial score (nSPS) is 14.5. The Morgan fingerprint density at radius 1 is 1.07 bits per heavy atom.